The zero-order valence-electron chi connectivity index (χ0n) is 15.2. The Morgan fingerprint density at radius 3 is 2.48 bits per heavy atom. The summed E-state index contributed by atoms with van der Waals surface area (Å²) >= 11 is 0. The van der Waals surface area contributed by atoms with Crippen LogP contribution in [0, 0.1) is 13.8 Å². The molecule has 1 unspecified atom stereocenters. The summed E-state index contributed by atoms with van der Waals surface area (Å²) in [6.07, 6.45) is 2.35. The summed E-state index contributed by atoms with van der Waals surface area (Å²) in [4.78, 5) is 19.6. The van der Waals surface area contributed by atoms with Crippen LogP contribution in [0.4, 0.5) is 0 Å². The average Bonchev–Trinajstić information content (AvgIpc) is 3.36. The van der Waals surface area contributed by atoms with Crippen molar-refractivity contribution in [1.29, 1.82) is 0 Å². The fourth-order valence-corrected chi connectivity index (χ4v) is 3.01. The molecule has 25 heavy (non-hydrogen) atoms. The Balaban J connectivity index is 0.00000156. The second-order valence-electron chi connectivity index (χ2n) is 6.85. The number of hydrogen-bond acceptors (Lipinski definition) is 3. The fraction of sp³-hybridized carbons (Fsp3) is 0.474. The predicted octanol–water partition coefficient (Wildman–Crippen LogP) is 3.99. The van der Waals surface area contributed by atoms with Crippen molar-refractivity contribution in [3.63, 3.8) is 0 Å². The van der Waals surface area contributed by atoms with Crippen molar-refractivity contribution in [3.05, 3.63) is 40.6 Å². The van der Waals surface area contributed by atoms with Gasteiger partial charge in [-0.15, -0.1) is 24.8 Å². The molecule has 1 fully saturated rings. The van der Waals surface area contributed by atoms with Gasteiger partial charge in [0, 0.05) is 36.6 Å². The van der Waals surface area contributed by atoms with Gasteiger partial charge >= 0.3 is 0 Å². The van der Waals surface area contributed by atoms with E-state index in [1.54, 1.807) is 4.90 Å². The van der Waals surface area contributed by atoms with E-state index in [9.17, 15) is 4.79 Å². The molecule has 3 rings (SSSR count). The largest absolute Gasteiger partial charge is 0.338 e. The Hall–Kier alpha value is -1.36. The van der Waals surface area contributed by atoms with Crippen molar-refractivity contribution in [3.8, 4) is 0 Å². The van der Waals surface area contributed by atoms with Crippen molar-refractivity contribution >= 4 is 41.6 Å². The molecule has 1 aliphatic carbocycles. The van der Waals surface area contributed by atoms with Gasteiger partial charge in [-0.05, 0) is 51.3 Å². The summed E-state index contributed by atoms with van der Waals surface area (Å²) in [6.45, 7) is 6.56. The van der Waals surface area contributed by atoms with E-state index >= 15 is 0 Å². The zero-order valence-corrected chi connectivity index (χ0v) is 16.8. The number of fused-ring (bicyclic) bond motifs is 1. The summed E-state index contributed by atoms with van der Waals surface area (Å²) in [5.41, 5.74) is 10.8. The van der Waals surface area contributed by atoms with Crippen LogP contribution in [-0.4, -0.2) is 35.4 Å². The molecule has 0 aliphatic heterocycles. The number of halogens is 2. The van der Waals surface area contributed by atoms with Gasteiger partial charge in [0.15, 0.2) is 0 Å². The lowest BCUT2D eigenvalue weighted by molar-refractivity contribution is 0.0750. The number of hydrogen-bond donors (Lipinski definition) is 1. The van der Waals surface area contributed by atoms with Gasteiger partial charge in [0.05, 0.1) is 11.1 Å². The van der Waals surface area contributed by atoms with Gasteiger partial charge in [0.25, 0.3) is 5.91 Å². The first-order valence-electron chi connectivity index (χ1n) is 8.31. The first-order valence-corrected chi connectivity index (χ1v) is 8.31. The molecule has 0 bridgehead atoms. The van der Waals surface area contributed by atoms with E-state index in [1.807, 2.05) is 20.0 Å². The minimum absolute atomic E-state index is 0. The standard InChI is InChI=1S/C19H25N3O.2ClH/c1-11-7-12(2)18-15(8-11)16(9-17(21-18)14-5-6-14)19(23)22(4)13(3)10-20;;/h7-9,13-14H,5-6,10,20H2,1-4H3;2*1H. The number of likely N-dealkylation sites (N-methyl/N-ethyl adjacent to an activating group) is 1. The van der Waals surface area contributed by atoms with Gasteiger partial charge in [0.1, 0.15) is 0 Å². The van der Waals surface area contributed by atoms with E-state index < -0.39 is 0 Å². The molecule has 2 N–H and O–H groups in total. The molecule has 0 saturated heterocycles. The number of nitrogens with zero attached hydrogens (tertiary/aromatic N) is 2. The first-order chi connectivity index (χ1) is 10.9. The highest BCUT2D eigenvalue weighted by Gasteiger charge is 2.28. The van der Waals surface area contributed by atoms with Gasteiger partial charge in [-0.25, -0.2) is 0 Å². The van der Waals surface area contributed by atoms with Crippen LogP contribution >= 0.6 is 24.8 Å². The van der Waals surface area contributed by atoms with E-state index in [2.05, 4.69) is 26.0 Å². The third-order valence-corrected chi connectivity index (χ3v) is 4.82. The molecular formula is C19H27Cl2N3O. The molecule has 1 aromatic heterocycles. The van der Waals surface area contributed by atoms with Gasteiger partial charge in [0.2, 0.25) is 0 Å². The van der Waals surface area contributed by atoms with Gasteiger partial charge < -0.3 is 10.6 Å². The highest BCUT2D eigenvalue weighted by atomic mass is 35.5. The van der Waals surface area contributed by atoms with E-state index in [4.69, 9.17) is 10.7 Å². The molecule has 1 heterocycles. The fourth-order valence-electron chi connectivity index (χ4n) is 3.01. The van der Waals surface area contributed by atoms with Crippen molar-refractivity contribution < 1.29 is 4.79 Å². The molecule has 0 spiro atoms. The van der Waals surface area contributed by atoms with Crippen LogP contribution in [0.5, 0.6) is 0 Å². The number of rotatable bonds is 4. The van der Waals surface area contributed by atoms with E-state index in [1.165, 1.54) is 12.8 Å². The molecule has 1 amide bonds. The number of pyridine rings is 1. The summed E-state index contributed by atoms with van der Waals surface area (Å²) in [6, 6.07) is 6.22. The minimum Gasteiger partial charge on any atom is -0.338 e. The molecule has 6 heteroatoms. The lowest BCUT2D eigenvalue weighted by Crippen LogP contribution is -2.39. The predicted molar refractivity (Wildman–Crippen MR) is 108 cm³/mol. The maximum absolute atomic E-state index is 13.0. The van der Waals surface area contributed by atoms with Crippen LogP contribution in [0.25, 0.3) is 10.9 Å². The average molecular weight is 384 g/mol. The van der Waals surface area contributed by atoms with Crippen LogP contribution in [-0.2, 0) is 0 Å². The van der Waals surface area contributed by atoms with E-state index in [-0.39, 0.29) is 36.8 Å². The van der Waals surface area contributed by atoms with Crippen molar-refractivity contribution in [1.82, 2.24) is 9.88 Å². The third kappa shape index (κ3) is 4.25. The maximum atomic E-state index is 13.0. The summed E-state index contributed by atoms with van der Waals surface area (Å²) in [5, 5.41) is 0.952. The lowest BCUT2D eigenvalue weighted by atomic mass is 9.99. The first kappa shape index (κ1) is 21.7. The SMILES string of the molecule is Cc1cc(C)c2nc(C3CC3)cc(C(=O)N(C)C(C)CN)c2c1.Cl.Cl. The minimum atomic E-state index is 0. The second kappa shape index (κ2) is 8.35. The summed E-state index contributed by atoms with van der Waals surface area (Å²) in [7, 11) is 1.82. The Morgan fingerprint density at radius 1 is 1.28 bits per heavy atom. The second-order valence-corrected chi connectivity index (χ2v) is 6.85. The lowest BCUT2D eigenvalue weighted by Gasteiger charge is -2.24. The molecule has 1 aliphatic rings. The smallest absolute Gasteiger partial charge is 0.254 e. The Bertz CT molecular complexity index is 775. The number of nitrogens with two attached hydrogens (primary N) is 1. The highest BCUT2D eigenvalue weighted by molar-refractivity contribution is 6.07. The Morgan fingerprint density at radius 2 is 1.92 bits per heavy atom. The molecular weight excluding hydrogens is 357 g/mol. The maximum Gasteiger partial charge on any atom is 0.254 e. The molecule has 1 atom stereocenters. The normalized spacial score (nSPS) is 14.4. The molecule has 1 aromatic carbocycles. The zero-order chi connectivity index (χ0) is 16.7. The van der Waals surface area contributed by atoms with Crippen LogP contribution in [0.15, 0.2) is 18.2 Å². The van der Waals surface area contributed by atoms with Gasteiger partial charge in [-0.3, -0.25) is 9.78 Å². The molecule has 0 radical (unpaired) electrons. The van der Waals surface area contributed by atoms with Crippen LogP contribution in [0.1, 0.15) is 52.9 Å². The number of amides is 1. The van der Waals surface area contributed by atoms with Crippen molar-refractivity contribution in [2.45, 2.75) is 45.6 Å². The number of aryl methyl sites for hydroxylation is 2. The highest BCUT2D eigenvalue weighted by Crippen LogP contribution is 2.40. The van der Waals surface area contributed by atoms with Gasteiger partial charge in [-0.2, -0.15) is 0 Å². The van der Waals surface area contributed by atoms with Crippen LogP contribution in [0.2, 0.25) is 0 Å². The number of carbonyl (C=O) groups is 1. The van der Waals surface area contributed by atoms with Gasteiger partial charge in [-0.1, -0.05) is 11.6 Å². The monoisotopic (exact) mass is 383 g/mol. The Labute approximate surface area is 162 Å². The van der Waals surface area contributed by atoms with Crippen molar-refractivity contribution in [2.24, 2.45) is 5.73 Å². The third-order valence-electron chi connectivity index (χ3n) is 4.82. The van der Waals surface area contributed by atoms with Crippen molar-refractivity contribution in [2.75, 3.05) is 13.6 Å². The summed E-state index contributed by atoms with van der Waals surface area (Å²) < 4.78 is 0. The van der Waals surface area contributed by atoms with E-state index in [0.717, 1.165) is 33.3 Å². The number of benzene rings is 1. The summed E-state index contributed by atoms with van der Waals surface area (Å²) in [5.74, 6) is 0.547. The van der Waals surface area contributed by atoms with Crippen LogP contribution < -0.4 is 5.73 Å². The topological polar surface area (TPSA) is 59.2 Å². The molecule has 2 aromatic rings. The van der Waals surface area contributed by atoms with Crippen LogP contribution in [0.3, 0.4) is 0 Å². The number of aromatic nitrogens is 1. The molecule has 138 valence electrons. The number of carbonyl (C=O) groups excluding carboxylic acids is 1. The quantitative estimate of drug-likeness (QED) is 0.867. The molecule has 4 nitrogen and oxygen atoms in total. The Kier molecular flexibility index (Phi) is 7.24. The molecule has 1 saturated carbocycles. The van der Waals surface area contributed by atoms with E-state index in [0.29, 0.717) is 12.5 Å².